The topological polar surface area (TPSA) is 78.9 Å². The van der Waals surface area contributed by atoms with E-state index < -0.39 is 6.10 Å². The van der Waals surface area contributed by atoms with Gasteiger partial charge in [-0.2, -0.15) is 0 Å². The third-order valence-electron chi connectivity index (χ3n) is 13.3. The Kier molecular flexibility index (Phi) is 56.3. The van der Waals surface area contributed by atoms with Crippen LogP contribution in [0, 0.1) is 0 Å². The molecule has 0 saturated heterocycles. The summed E-state index contributed by atoms with van der Waals surface area (Å²) in [5.74, 6) is -0.896. The van der Waals surface area contributed by atoms with Crippen LogP contribution in [-0.4, -0.2) is 37.2 Å². The lowest BCUT2D eigenvalue weighted by atomic mass is 10.0. The molecule has 0 bridgehead atoms. The zero-order valence-electron chi connectivity index (χ0n) is 46.5. The molecular formula is C64H114O6. The highest BCUT2D eigenvalue weighted by atomic mass is 16.6. The molecule has 0 radical (unpaired) electrons. The Morgan fingerprint density at radius 2 is 0.557 bits per heavy atom. The van der Waals surface area contributed by atoms with Crippen LogP contribution in [0.4, 0.5) is 0 Å². The monoisotopic (exact) mass is 979 g/mol. The number of hydrogen-bond acceptors (Lipinski definition) is 6. The first-order valence-electron chi connectivity index (χ1n) is 30.3. The van der Waals surface area contributed by atoms with Crippen LogP contribution >= 0.6 is 0 Å². The second-order valence-corrected chi connectivity index (χ2v) is 20.2. The lowest BCUT2D eigenvalue weighted by molar-refractivity contribution is -0.167. The van der Waals surface area contributed by atoms with Crippen molar-refractivity contribution in [3.8, 4) is 0 Å². The third kappa shape index (κ3) is 56.0. The Morgan fingerprint density at radius 1 is 0.300 bits per heavy atom. The maximum Gasteiger partial charge on any atom is 0.306 e. The molecule has 0 N–H and O–H groups in total. The van der Waals surface area contributed by atoms with Gasteiger partial charge < -0.3 is 14.2 Å². The van der Waals surface area contributed by atoms with Crippen LogP contribution < -0.4 is 0 Å². The molecule has 0 fully saturated rings. The lowest BCUT2D eigenvalue weighted by Crippen LogP contribution is -2.30. The number of rotatable bonds is 55. The third-order valence-corrected chi connectivity index (χ3v) is 13.3. The van der Waals surface area contributed by atoms with Crippen LogP contribution in [0.1, 0.15) is 310 Å². The molecule has 0 aromatic rings. The molecule has 0 aliphatic rings. The molecule has 0 saturated carbocycles. The quantitative estimate of drug-likeness (QED) is 0.0261. The highest BCUT2D eigenvalue weighted by Crippen LogP contribution is 2.17. The fourth-order valence-corrected chi connectivity index (χ4v) is 8.77. The maximum absolute atomic E-state index is 12.9. The van der Waals surface area contributed by atoms with Crippen LogP contribution in [0.2, 0.25) is 0 Å². The molecule has 0 heterocycles. The van der Waals surface area contributed by atoms with E-state index >= 15 is 0 Å². The van der Waals surface area contributed by atoms with Crippen molar-refractivity contribution in [2.24, 2.45) is 0 Å². The Labute approximate surface area is 434 Å². The molecule has 70 heavy (non-hydrogen) atoms. The number of allylic oxidation sites excluding steroid dienone is 10. The normalized spacial score (nSPS) is 12.4. The number of carbonyl (C=O) groups excluding carboxylic acids is 3. The molecule has 6 heteroatoms. The molecule has 0 spiro atoms. The first-order valence-corrected chi connectivity index (χ1v) is 30.3. The minimum Gasteiger partial charge on any atom is -0.462 e. The fraction of sp³-hybridized carbons (Fsp3) is 0.797. The van der Waals surface area contributed by atoms with Crippen molar-refractivity contribution in [1.82, 2.24) is 0 Å². The Bertz CT molecular complexity index is 1260. The van der Waals surface area contributed by atoms with Gasteiger partial charge in [0.05, 0.1) is 0 Å². The summed E-state index contributed by atoms with van der Waals surface area (Å²) in [4.78, 5) is 38.2. The van der Waals surface area contributed by atoms with E-state index in [9.17, 15) is 14.4 Å². The van der Waals surface area contributed by atoms with Crippen LogP contribution in [-0.2, 0) is 28.6 Å². The van der Waals surface area contributed by atoms with Gasteiger partial charge in [-0.3, -0.25) is 14.4 Å². The molecule has 406 valence electrons. The summed E-state index contributed by atoms with van der Waals surface area (Å²) in [5.41, 5.74) is 0. The van der Waals surface area contributed by atoms with Crippen molar-refractivity contribution in [3.63, 3.8) is 0 Å². The lowest BCUT2D eigenvalue weighted by Gasteiger charge is -2.18. The average Bonchev–Trinajstić information content (AvgIpc) is 3.36. The zero-order chi connectivity index (χ0) is 50.7. The largest absolute Gasteiger partial charge is 0.462 e. The molecule has 0 aliphatic heterocycles. The molecular weight excluding hydrogens is 865 g/mol. The second-order valence-electron chi connectivity index (χ2n) is 20.2. The summed E-state index contributed by atoms with van der Waals surface area (Å²) < 4.78 is 16.9. The Morgan fingerprint density at radius 3 is 0.871 bits per heavy atom. The molecule has 0 aromatic heterocycles. The minimum atomic E-state index is -0.785. The van der Waals surface area contributed by atoms with E-state index in [0.29, 0.717) is 19.3 Å². The van der Waals surface area contributed by atoms with Crippen molar-refractivity contribution >= 4 is 17.9 Å². The van der Waals surface area contributed by atoms with E-state index in [-0.39, 0.29) is 31.1 Å². The number of hydrogen-bond donors (Lipinski definition) is 0. The fourth-order valence-electron chi connectivity index (χ4n) is 8.77. The first-order chi connectivity index (χ1) is 34.5. The summed E-state index contributed by atoms with van der Waals surface area (Å²) in [5, 5.41) is 0. The summed E-state index contributed by atoms with van der Waals surface area (Å²) >= 11 is 0. The molecule has 0 aliphatic carbocycles. The van der Waals surface area contributed by atoms with Crippen LogP contribution in [0.5, 0.6) is 0 Å². The highest BCUT2D eigenvalue weighted by molar-refractivity contribution is 5.71. The Balaban J connectivity index is 4.40. The number of carbonyl (C=O) groups is 3. The zero-order valence-corrected chi connectivity index (χ0v) is 46.5. The first kappa shape index (κ1) is 67.1. The molecule has 0 rings (SSSR count). The number of unbranched alkanes of at least 4 members (excludes halogenated alkanes) is 34. The van der Waals surface area contributed by atoms with E-state index in [4.69, 9.17) is 14.2 Å². The van der Waals surface area contributed by atoms with E-state index in [1.807, 2.05) is 0 Å². The molecule has 0 amide bonds. The van der Waals surface area contributed by atoms with Gasteiger partial charge in [0.1, 0.15) is 13.2 Å². The van der Waals surface area contributed by atoms with E-state index in [0.717, 1.165) is 96.3 Å². The predicted molar refractivity (Wildman–Crippen MR) is 302 cm³/mol. The molecule has 6 nitrogen and oxygen atoms in total. The van der Waals surface area contributed by atoms with E-state index in [1.165, 1.54) is 173 Å². The predicted octanol–water partition coefficient (Wildman–Crippen LogP) is 20.4. The molecule has 1 atom stereocenters. The van der Waals surface area contributed by atoms with Gasteiger partial charge in [0.25, 0.3) is 0 Å². The van der Waals surface area contributed by atoms with Gasteiger partial charge >= 0.3 is 17.9 Å². The smallest absolute Gasteiger partial charge is 0.306 e. The van der Waals surface area contributed by atoms with E-state index in [1.54, 1.807) is 0 Å². The van der Waals surface area contributed by atoms with Crippen LogP contribution in [0.15, 0.2) is 60.8 Å². The second kappa shape index (κ2) is 58.7. The van der Waals surface area contributed by atoms with Gasteiger partial charge in [0, 0.05) is 19.3 Å². The summed E-state index contributed by atoms with van der Waals surface area (Å²) in [6.07, 6.45) is 73.6. The van der Waals surface area contributed by atoms with E-state index in [2.05, 4.69) is 81.5 Å². The van der Waals surface area contributed by atoms with Crippen molar-refractivity contribution < 1.29 is 28.6 Å². The summed E-state index contributed by atoms with van der Waals surface area (Å²) in [7, 11) is 0. The van der Waals surface area contributed by atoms with Gasteiger partial charge in [0.15, 0.2) is 6.10 Å². The van der Waals surface area contributed by atoms with Gasteiger partial charge in [-0.05, 0) is 64.2 Å². The summed E-state index contributed by atoms with van der Waals surface area (Å²) in [6.45, 7) is 6.54. The number of ether oxygens (including phenoxy) is 3. The van der Waals surface area contributed by atoms with Gasteiger partial charge in [0.2, 0.25) is 0 Å². The van der Waals surface area contributed by atoms with Crippen molar-refractivity contribution in [3.05, 3.63) is 60.8 Å². The van der Waals surface area contributed by atoms with Crippen molar-refractivity contribution in [2.75, 3.05) is 13.2 Å². The number of esters is 3. The van der Waals surface area contributed by atoms with Gasteiger partial charge in [-0.1, -0.05) is 287 Å². The highest BCUT2D eigenvalue weighted by Gasteiger charge is 2.19. The van der Waals surface area contributed by atoms with Crippen molar-refractivity contribution in [1.29, 1.82) is 0 Å². The van der Waals surface area contributed by atoms with Crippen LogP contribution in [0.3, 0.4) is 0 Å². The summed E-state index contributed by atoms with van der Waals surface area (Å²) in [6, 6.07) is 0. The Hall–Kier alpha value is -2.89. The van der Waals surface area contributed by atoms with Crippen molar-refractivity contribution in [2.45, 2.75) is 316 Å². The van der Waals surface area contributed by atoms with Crippen LogP contribution in [0.25, 0.3) is 0 Å². The van der Waals surface area contributed by atoms with Gasteiger partial charge in [-0.25, -0.2) is 0 Å². The molecule has 0 aromatic carbocycles. The minimum absolute atomic E-state index is 0.0804. The maximum atomic E-state index is 12.9. The average molecular weight is 980 g/mol. The SMILES string of the molecule is CC/C=C/C/C=C/C/C=C/C/C=C/C/C=C/CCCCCC(=O)OC[C@@H](COC(=O)CCCCCCCCCCCCCCCCC)OC(=O)CCCCCCCCCCCCCCCCCCCC. The molecule has 0 unspecified atom stereocenters. The van der Waals surface area contributed by atoms with Gasteiger partial charge in [-0.15, -0.1) is 0 Å². The standard InChI is InChI=1S/C64H114O6/c1-4-7-10-13-16-19-22-25-28-30-32-34-36-39-42-45-48-51-54-57-63(66)69-60-61(59-68-62(65)56-53-50-47-44-41-38-35-27-24-21-18-15-12-9-6-3)70-64(67)58-55-52-49-46-43-40-37-33-31-29-26-23-20-17-14-11-8-5-2/h7,10,16,19,25,28,32,34,39,42,61H,4-6,8-9,11-15,17-18,20-24,26-27,29-31,33,35-38,40-41,43-60H2,1-3H3/b10-7+,19-16+,28-25+,34-32+,42-39+/t61-/m1/s1.